The normalized spacial score (nSPS) is 9.90. The van der Waals surface area contributed by atoms with E-state index in [0.29, 0.717) is 17.9 Å². The van der Waals surface area contributed by atoms with E-state index in [1.54, 1.807) is 30.6 Å². The first-order chi connectivity index (χ1) is 10.1. The molecule has 0 saturated carbocycles. The van der Waals surface area contributed by atoms with Crippen molar-refractivity contribution in [3.63, 3.8) is 0 Å². The standard InChI is InChI=1S/C14H14N4O3/c19-13(20)6-11-3-4-12(9-16-11)18-14(21)17-8-10-2-1-5-15-7-10/h1-5,7,9H,6,8H2,(H,19,20)(H2,17,18,21). The zero-order valence-corrected chi connectivity index (χ0v) is 11.1. The Morgan fingerprint density at radius 2 is 2.05 bits per heavy atom. The van der Waals surface area contributed by atoms with Crippen molar-refractivity contribution in [2.75, 3.05) is 5.32 Å². The zero-order chi connectivity index (χ0) is 15.1. The minimum Gasteiger partial charge on any atom is -0.481 e. The fourth-order valence-electron chi connectivity index (χ4n) is 1.62. The van der Waals surface area contributed by atoms with Gasteiger partial charge in [0.05, 0.1) is 24.0 Å². The van der Waals surface area contributed by atoms with Gasteiger partial charge in [0.2, 0.25) is 0 Å². The highest BCUT2D eigenvalue weighted by atomic mass is 16.4. The van der Waals surface area contributed by atoms with E-state index in [0.717, 1.165) is 5.56 Å². The van der Waals surface area contributed by atoms with Crippen LogP contribution >= 0.6 is 0 Å². The number of carboxylic acid groups (broad SMARTS) is 1. The van der Waals surface area contributed by atoms with Crippen molar-refractivity contribution in [1.29, 1.82) is 0 Å². The molecule has 0 aliphatic carbocycles. The van der Waals surface area contributed by atoms with Gasteiger partial charge < -0.3 is 15.7 Å². The lowest BCUT2D eigenvalue weighted by Gasteiger charge is -2.07. The number of rotatable bonds is 5. The Balaban J connectivity index is 1.83. The quantitative estimate of drug-likeness (QED) is 0.771. The number of carbonyl (C=O) groups is 2. The molecule has 0 spiro atoms. The minimum atomic E-state index is -0.947. The highest BCUT2D eigenvalue weighted by Crippen LogP contribution is 2.06. The Labute approximate surface area is 121 Å². The van der Waals surface area contributed by atoms with E-state index in [9.17, 15) is 9.59 Å². The molecule has 2 heterocycles. The van der Waals surface area contributed by atoms with Crippen molar-refractivity contribution in [2.24, 2.45) is 0 Å². The molecule has 3 N–H and O–H groups in total. The molecule has 7 nitrogen and oxygen atoms in total. The van der Waals surface area contributed by atoms with Crippen LogP contribution in [0.3, 0.4) is 0 Å². The largest absolute Gasteiger partial charge is 0.481 e. The molecule has 0 aliphatic heterocycles. The van der Waals surface area contributed by atoms with Gasteiger partial charge in [0.15, 0.2) is 0 Å². The molecule has 0 fully saturated rings. The van der Waals surface area contributed by atoms with Crippen molar-refractivity contribution in [3.8, 4) is 0 Å². The summed E-state index contributed by atoms with van der Waals surface area (Å²) in [7, 11) is 0. The van der Waals surface area contributed by atoms with Crippen LogP contribution in [0.25, 0.3) is 0 Å². The van der Waals surface area contributed by atoms with Gasteiger partial charge in [-0.25, -0.2) is 4.79 Å². The molecule has 0 atom stereocenters. The number of aliphatic carboxylic acids is 1. The van der Waals surface area contributed by atoms with Gasteiger partial charge >= 0.3 is 12.0 Å². The fourth-order valence-corrected chi connectivity index (χ4v) is 1.62. The number of carboxylic acids is 1. The lowest BCUT2D eigenvalue weighted by atomic mass is 10.2. The summed E-state index contributed by atoms with van der Waals surface area (Å²) >= 11 is 0. The summed E-state index contributed by atoms with van der Waals surface area (Å²) in [6.45, 7) is 0.365. The highest BCUT2D eigenvalue weighted by Gasteiger charge is 2.04. The van der Waals surface area contributed by atoms with Gasteiger partial charge in [-0.2, -0.15) is 0 Å². The summed E-state index contributed by atoms with van der Waals surface area (Å²) in [4.78, 5) is 30.1. The zero-order valence-electron chi connectivity index (χ0n) is 11.1. The summed E-state index contributed by atoms with van der Waals surface area (Å²) in [6, 6.07) is 6.45. The van der Waals surface area contributed by atoms with E-state index in [2.05, 4.69) is 20.6 Å². The van der Waals surface area contributed by atoms with Crippen LogP contribution < -0.4 is 10.6 Å². The monoisotopic (exact) mass is 286 g/mol. The summed E-state index contributed by atoms with van der Waals surface area (Å²) < 4.78 is 0. The third-order valence-corrected chi connectivity index (χ3v) is 2.59. The van der Waals surface area contributed by atoms with Gasteiger partial charge in [-0.3, -0.25) is 14.8 Å². The Kier molecular flexibility index (Phi) is 4.81. The van der Waals surface area contributed by atoms with Crippen molar-refractivity contribution < 1.29 is 14.7 Å². The average molecular weight is 286 g/mol. The first-order valence-electron chi connectivity index (χ1n) is 6.24. The molecule has 0 unspecified atom stereocenters. The summed E-state index contributed by atoms with van der Waals surface area (Å²) in [6.07, 6.45) is 4.60. The van der Waals surface area contributed by atoms with Crippen molar-refractivity contribution in [2.45, 2.75) is 13.0 Å². The molecule has 7 heteroatoms. The number of amides is 2. The Bertz CT molecular complexity index is 614. The summed E-state index contributed by atoms with van der Waals surface area (Å²) in [5.41, 5.74) is 1.82. The number of anilines is 1. The lowest BCUT2D eigenvalue weighted by Crippen LogP contribution is -2.28. The van der Waals surface area contributed by atoms with Gasteiger partial charge in [-0.05, 0) is 23.8 Å². The van der Waals surface area contributed by atoms with Crippen LogP contribution in [-0.2, 0) is 17.8 Å². The van der Waals surface area contributed by atoms with Gasteiger partial charge in [0.25, 0.3) is 0 Å². The topological polar surface area (TPSA) is 104 Å². The van der Waals surface area contributed by atoms with Crippen molar-refractivity contribution >= 4 is 17.7 Å². The third-order valence-electron chi connectivity index (χ3n) is 2.59. The highest BCUT2D eigenvalue weighted by molar-refractivity contribution is 5.88. The van der Waals surface area contributed by atoms with E-state index in [1.165, 1.54) is 6.20 Å². The Morgan fingerprint density at radius 3 is 2.67 bits per heavy atom. The maximum Gasteiger partial charge on any atom is 0.319 e. The van der Waals surface area contributed by atoms with E-state index >= 15 is 0 Å². The average Bonchev–Trinajstić information content (AvgIpc) is 2.48. The molecule has 2 aromatic rings. The molecule has 0 aliphatic rings. The number of urea groups is 1. The van der Waals surface area contributed by atoms with Gasteiger partial charge in [0, 0.05) is 18.9 Å². The molecule has 0 saturated heterocycles. The van der Waals surface area contributed by atoms with E-state index in [-0.39, 0.29) is 12.5 Å². The van der Waals surface area contributed by atoms with Crippen LogP contribution in [0.4, 0.5) is 10.5 Å². The van der Waals surface area contributed by atoms with Crippen molar-refractivity contribution in [3.05, 3.63) is 54.1 Å². The second-order valence-corrected chi connectivity index (χ2v) is 4.28. The predicted octanol–water partition coefficient (Wildman–Crippen LogP) is 1.43. The van der Waals surface area contributed by atoms with Crippen LogP contribution in [0.15, 0.2) is 42.9 Å². The van der Waals surface area contributed by atoms with Gasteiger partial charge in [-0.1, -0.05) is 6.07 Å². The molecule has 108 valence electrons. The van der Waals surface area contributed by atoms with Crippen LogP contribution in [-0.4, -0.2) is 27.1 Å². The second-order valence-electron chi connectivity index (χ2n) is 4.28. The maximum absolute atomic E-state index is 11.7. The number of aromatic nitrogens is 2. The van der Waals surface area contributed by atoms with Crippen LogP contribution in [0.1, 0.15) is 11.3 Å². The molecule has 0 radical (unpaired) electrons. The van der Waals surface area contributed by atoms with E-state index < -0.39 is 5.97 Å². The Morgan fingerprint density at radius 1 is 1.19 bits per heavy atom. The maximum atomic E-state index is 11.7. The number of nitrogens with zero attached hydrogens (tertiary/aromatic N) is 2. The SMILES string of the molecule is O=C(O)Cc1ccc(NC(=O)NCc2cccnc2)cn1. The van der Waals surface area contributed by atoms with Gasteiger partial charge in [-0.15, -0.1) is 0 Å². The second kappa shape index (κ2) is 6.99. The third kappa shape index (κ3) is 4.90. The van der Waals surface area contributed by atoms with Gasteiger partial charge in [0.1, 0.15) is 0 Å². The summed E-state index contributed by atoms with van der Waals surface area (Å²) in [5, 5.41) is 13.9. The lowest BCUT2D eigenvalue weighted by molar-refractivity contribution is -0.136. The van der Waals surface area contributed by atoms with Crippen LogP contribution in [0.2, 0.25) is 0 Å². The van der Waals surface area contributed by atoms with Crippen LogP contribution in [0, 0.1) is 0 Å². The molecule has 0 bridgehead atoms. The molecule has 21 heavy (non-hydrogen) atoms. The molecular formula is C14H14N4O3. The summed E-state index contributed by atoms with van der Waals surface area (Å²) in [5.74, 6) is -0.947. The van der Waals surface area contributed by atoms with Crippen molar-refractivity contribution in [1.82, 2.24) is 15.3 Å². The molecule has 2 aromatic heterocycles. The first kappa shape index (κ1) is 14.4. The molecule has 2 amide bonds. The van der Waals surface area contributed by atoms with Crippen LogP contribution in [0.5, 0.6) is 0 Å². The number of pyridine rings is 2. The number of carbonyl (C=O) groups excluding carboxylic acids is 1. The fraction of sp³-hybridized carbons (Fsp3) is 0.143. The number of hydrogen-bond donors (Lipinski definition) is 3. The molecule has 2 rings (SSSR count). The predicted molar refractivity (Wildman–Crippen MR) is 75.7 cm³/mol. The number of nitrogens with one attached hydrogen (secondary N) is 2. The Hall–Kier alpha value is -2.96. The van der Waals surface area contributed by atoms with E-state index in [1.807, 2.05) is 6.07 Å². The smallest absolute Gasteiger partial charge is 0.319 e. The first-order valence-corrected chi connectivity index (χ1v) is 6.24. The number of hydrogen-bond acceptors (Lipinski definition) is 4. The molecular weight excluding hydrogens is 272 g/mol. The van der Waals surface area contributed by atoms with E-state index in [4.69, 9.17) is 5.11 Å². The minimum absolute atomic E-state index is 0.145. The molecule has 0 aromatic carbocycles.